The van der Waals surface area contributed by atoms with Gasteiger partial charge in [0.25, 0.3) is 5.91 Å². The molecule has 0 aliphatic rings. The Morgan fingerprint density at radius 2 is 1.86 bits per heavy atom. The van der Waals surface area contributed by atoms with E-state index in [4.69, 9.17) is 16.3 Å². The Balaban J connectivity index is 1.83. The molecule has 0 atom stereocenters. The topological polar surface area (TPSA) is 108 Å². The summed E-state index contributed by atoms with van der Waals surface area (Å²) in [6.45, 7) is 2.79. The van der Waals surface area contributed by atoms with Gasteiger partial charge in [-0.05, 0) is 50.2 Å². The molecule has 0 spiro atoms. The van der Waals surface area contributed by atoms with Gasteiger partial charge in [0.2, 0.25) is 10.0 Å². The Labute approximate surface area is 214 Å². The number of aryl methyl sites for hydroxylation is 1. The van der Waals surface area contributed by atoms with Crippen molar-refractivity contribution < 1.29 is 27.4 Å². The van der Waals surface area contributed by atoms with Crippen molar-refractivity contribution in [1.29, 1.82) is 0 Å². The number of hydrazone groups is 1. The van der Waals surface area contributed by atoms with Crippen molar-refractivity contribution in [2.45, 2.75) is 25.3 Å². The second-order valence-corrected chi connectivity index (χ2v) is 10.1. The zero-order valence-electron chi connectivity index (χ0n) is 19.6. The highest BCUT2D eigenvalue weighted by Crippen LogP contribution is 2.28. The van der Waals surface area contributed by atoms with E-state index in [0.29, 0.717) is 6.61 Å². The van der Waals surface area contributed by atoms with Crippen molar-refractivity contribution in [3.05, 3.63) is 88.2 Å². The van der Waals surface area contributed by atoms with Gasteiger partial charge < -0.3 is 9.84 Å². The third kappa shape index (κ3) is 6.60. The van der Waals surface area contributed by atoms with E-state index >= 15 is 0 Å². The SMILES string of the molecule is CCOc1cccc(/C=N\NC(=O)CN(Cc2c(F)cccc2Cl)S(=O)(=O)c2ccc(C)cc2)c1O. The number of hydrogen-bond donors (Lipinski definition) is 2. The number of aromatic hydroxyl groups is 1. The molecule has 0 bridgehead atoms. The molecule has 0 saturated heterocycles. The zero-order chi connectivity index (χ0) is 26.3. The number of ether oxygens (including phenoxy) is 1. The van der Waals surface area contributed by atoms with Crippen LogP contribution in [0.25, 0.3) is 0 Å². The molecular formula is C25H25ClFN3O5S. The second-order valence-electron chi connectivity index (χ2n) is 7.71. The predicted molar refractivity (Wildman–Crippen MR) is 135 cm³/mol. The quantitative estimate of drug-likeness (QED) is 0.299. The Hall–Kier alpha value is -3.47. The van der Waals surface area contributed by atoms with Crippen molar-refractivity contribution in [3.63, 3.8) is 0 Å². The Bertz CT molecular complexity index is 1340. The van der Waals surface area contributed by atoms with Gasteiger partial charge in [-0.2, -0.15) is 9.41 Å². The molecule has 0 saturated carbocycles. The molecule has 0 fully saturated rings. The maximum Gasteiger partial charge on any atom is 0.255 e. The monoisotopic (exact) mass is 533 g/mol. The van der Waals surface area contributed by atoms with Crippen LogP contribution in [0.5, 0.6) is 11.5 Å². The summed E-state index contributed by atoms with van der Waals surface area (Å²) in [6, 6.07) is 14.8. The van der Waals surface area contributed by atoms with Gasteiger partial charge in [0.15, 0.2) is 11.5 Å². The first kappa shape index (κ1) is 27.1. The molecular weight excluding hydrogens is 509 g/mol. The number of hydrogen-bond acceptors (Lipinski definition) is 6. The van der Waals surface area contributed by atoms with Crippen molar-refractivity contribution in [2.75, 3.05) is 13.2 Å². The maximum absolute atomic E-state index is 14.4. The van der Waals surface area contributed by atoms with E-state index < -0.39 is 34.8 Å². The first-order chi connectivity index (χ1) is 17.1. The highest BCUT2D eigenvalue weighted by molar-refractivity contribution is 7.89. The Kier molecular flexibility index (Phi) is 9.03. The van der Waals surface area contributed by atoms with E-state index in [1.807, 2.05) is 0 Å². The summed E-state index contributed by atoms with van der Waals surface area (Å²) in [5, 5.41) is 14.1. The van der Waals surface area contributed by atoms with Gasteiger partial charge in [-0.3, -0.25) is 4.79 Å². The van der Waals surface area contributed by atoms with E-state index in [-0.39, 0.29) is 32.5 Å². The van der Waals surface area contributed by atoms with Gasteiger partial charge in [0, 0.05) is 22.7 Å². The lowest BCUT2D eigenvalue weighted by molar-refractivity contribution is -0.121. The number of phenols is 1. The third-order valence-corrected chi connectivity index (χ3v) is 7.26. The van der Waals surface area contributed by atoms with Crippen LogP contribution in [-0.2, 0) is 21.4 Å². The molecule has 36 heavy (non-hydrogen) atoms. The number of carbonyl (C=O) groups excluding carboxylic acids is 1. The summed E-state index contributed by atoms with van der Waals surface area (Å²) in [6.07, 6.45) is 1.20. The average Bonchev–Trinajstić information content (AvgIpc) is 2.83. The molecule has 0 aromatic heterocycles. The van der Waals surface area contributed by atoms with Gasteiger partial charge in [-0.1, -0.05) is 41.4 Å². The predicted octanol–water partition coefficient (Wildman–Crippen LogP) is 4.23. The minimum atomic E-state index is -4.20. The molecule has 190 valence electrons. The van der Waals surface area contributed by atoms with Crippen LogP contribution in [0.1, 0.15) is 23.6 Å². The van der Waals surface area contributed by atoms with Crippen LogP contribution in [0.4, 0.5) is 4.39 Å². The van der Waals surface area contributed by atoms with E-state index in [9.17, 15) is 22.7 Å². The van der Waals surface area contributed by atoms with E-state index in [0.717, 1.165) is 15.9 Å². The molecule has 0 aliphatic carbocycles. The molecule has 8 nitrogen and oxygen atoms in total. The number of nitrogens with one attached hydrogen (secondary N) is 1. The molecule has 0 heterocycles. The van der Waals surface area contributed by atoms with E-state index in [1.165, 1.54) is 30.5 Å². The van der Waals surface area contributed by atoms with Crippen LogP contribution >= 0.6 is 11.6 Å². The van der Waals surface area contributed by atoms with Crippen LogP contribution in [0, 0.1) is 12.7 Å². The molecule has 3 rings (SSSR count). The summed E-state index contributed by atoms with van der Waals surface area (Å²) < 4.78 is 47.2. The number of nitrogens with zero attached hydrogens (tertiary/aromatic N) is 2. The molecule has 1 amide bonds. The van der Waals surface area contributed by atoms with E-state index in [2.05, 4.69) is 10.5 Å². The number of phenolic OH excluding ortho intramolecular Hbond substituents is 1. The van der Waals surface area contributed by atoms with Crippen molar-refractivity contribution in [3.8, 4) is 11.5 Å². The fourth-order valence-corrected chi connectivity index (χ4v) is 4.82. The maximum atomic E-state index is 14.4. The van der Waals surface area contributed by atoms with Gasteiger partial charge in [-0.25, -0.2) is 18.2 Å². The standard InChI is InChI=1S/C25H25ClFN3O5S/c1-3-35-23-9-4-6-18(25(23)32)14-28-29-24(31)16-30(15-20-21(26)7-5-8-22(20)27)36(33,34)19-12-10-17(2)11-13-19/h4-14,32H,3,15-16H2,1-2H3,(H,29,31)/b28-14-. The summed E-state index contributed by atoms with van der Waals surface area (Å²) >= 11 is 6.11. The number of para-hydroxylation sites is 1. The highest BCUT2D eigenvalue weighted by atomic mass is 35.5. The molecule has 11 heteroatoms. The van der Waals surface area contributed by atoms with Gasteiger partial charge in [0.05, 0.1) is 24.3 Å². The molecule has 0 unspecified atom stereocenters. The lowest BCUT2D eigenvalue weighted by atomic mass is 10.2. The lowest BCUT2D eigenvalue weighted by Gasteiger charge is -2.22. The number of amides is 1. The minimum absolute atomic E-state index is 0.0298. The van der Waals surface area contributed by atoms with Crippen LogP contribution in [-0.4, -0.2) is 43.1 Å². The van der Waals surface area contributed by atoms with Crippen LogP contribution in [0.2, 0.25) is 5.02 Å². The largest absolute Gasteiger partial charge is 0.504 e. The number of sulfonamides is 1. The van der Waals surface area contributed by atoms with E-state index in [1.54, 1.807) is 44.2 Å². The fourth-order valence-electron chi connectivity index (χ4n) is 3.23. The molecule has 0 radical (unpaired) electrons. The van der Waals surface area contributed by atoms with Gasteiger partial charge in [-0.15, -0.1) is 0 Å². The number of carbonyl (C=O) groups is 1. The van der Waals surface area contributed by atoms with Crippen molar-refractivity contribution in [1.82, 2.24) is 9.73 Å². The first-order valence-electron chi connectivity index (χ1n) is 10.9. The van der Waals surface area contributed by atoms with Crippen LogP contribution < -0.4 is 10.2 Å². The summed E-state index contributed by atoms with van der Waals surface area (Å²) in [5.41, 5.74) is 3.30. The van der Waals surface area contributed by atoms with Crippen LogP contribution in [0.3, 0.4) is 0 Å². The lowest BCUT2D eigenvalue weighted by Crippen LogP contribution is -2.39. The summed E-state index contributed by atoms with van der Waals surface area (Å²) in [7, 11) is -4.20. The molecule has 3 aromatic carbocycles. The van der Waals surface area contributed by atoms with Gasteiger partial charge in [0.1, 0.15) is 5.82 Å². The summed E-state index contributed by atoms with van der Waals surface area (Å²) in [4.78, 5) is 12.6. The number of benzene rings is 3. The highest BCUT2D eigenvalue weighted by Gasteiger charge is 2.28. The molecule has 2 N–H and O–H groups in total. The molecule has 3 aromatic rings. The first-order valence-corrected chi connectivity index (χ1v) is 12.7. The normalized spacial score (nSPS) is 11.7. The number of rotatable bonds is 10. The Morgan fingerprint density at radius 3 is 2.53 bits per heavy atom. The smallest absolute Gasteiger partial charge is 0.255 e. The number of halogens is 2. The fraction of sp³-hybridized carbons (Fsp3) is 0.200. The third-order valence-electron chi connectivity index (χ3n) is 5.10. The zero-order valence-corrected chi connectivity index (χ0v) is 21.2. The van der Waals surface area contributed by atoms with Crippen molar-refractivity contribution >= 4 is 33.7 Å². The van der Waals surface area contributed by atoms with Gasteiger partial charge >= 0.3 is 0 Å². The van der Waals surface area contributed by atoms with Crippen molar-refractivity contribution in [2.24, 2.45) is 5.10 Å². The summed E-state index contributed by atoms with van der Waals surface area (Å²) in [5.74, 6) is -1.38. The molecule has 0 aliphatic heterocycles. The van der Waals surface area contributed by atoms with Crippen LogP contribution in [0.15, 0.2) is 70.7 Å². The Morgan fingerprint density at radius 1 is 1.17 bits per heavy atom. The second kappa shape index (κ2) is 12.0. The minimum Gasteiger partial charge on any atom is -0.504 e. The average molecular weight is 534 g/mol.